The topological polar surface area (TPSA) is 58.6 Å². The van der Waals surface area contributed by atoms with Gasteiger partial charge in [0.25, 0.3) is 0 Å². The van der Waals surface area contributed by atoms with Crippen LogP contribution in [0.15, 0.2) is 36.7 Å². The molecule has 1 aliphatic rings. The number of piperazine rings is 1. The van der Waals surface area contributed by atoms with Gasteiger partial charge in [-0.3, -0.25) is 0 Å². The Balaban J connectivity index is 1.59. The van der Waals surface area contributed by atoms with Crippen LogP contribution in [0, 0.1) is 0 Å². The molecule has 0 unspecified atom stereocenters. The van der Waals surface area contributed by atoms with Crippen molar-refractivity contribution in [1.29, 1.82) is 0 Å². The highest BCUT2D eigenvalue weighted by atomic mass is 35.5. The lowest BCUT2D eigenvalue weighted by Gasteiger charge is -2.35. The summed E-state index contributed by atoms with van der Waals surface area (Å²) in [4.78, 5) is 24.9. The van der Waals surface area contributed by atoms with Gasteiger partial charge >= 0.3 is 6.09 Å². The summed E-state index contributed by atoms with van der Waals surface area (Å²) in [7, 11) is 0. The van der Waals surface area contributed by atoms with E-state index in [1.807, 2.05) is 57.4 Å². The fraction of sp³-hybridized carbons (Fsp3) is 0.421. The van der Waals surface area contributed by atoms with Crippen molar-refractivity contribution >= 4 is 23.6 Å². The summed E-state index contributed by atoms with van der Waals surface area (Å²) in [6.45, 7) is 8.17. The zero-order valence-corrected chi connectivity index (χ0v) is 16.0. The van der Waals surface area contributed by atoms with E-state index < -0.39 is 5.60 Å². The molecule has 3 rings (SSSR count). The maximum atomic E-state index is 12.1. The fourth-order valence-corrected chi connectivity index (χ4v) is 2.82. The largest absolute Gasteiger partial charge is 0.444 e. The molecule has 0 bridgehead atoms. The number of hydrogen-bond donors (Lipinski definition) is 0. The van der Waals surface area contributed by atoms with E-state index in [2.05, 4.69) is 14.9 Å². The summed E-state index contributed by atoms with van der Waals surface area (Å²) in [6.07, 6.45) is 3.36. The number of ether oxygens (including phenoxy) is 1. The molecule has 0 radical (unpaired) electrons. The normalized spacial score (nSPS) is 15.1. The number of anilines is 1. The molecule has 0 atom stereocenters. The Morgan fingerprint density at radius 1 is 1.00 bits per heavy atom. The summed E-state index contributed by atoms with van der Waals surface area (Å²) >= 11 is 5.92. The van der Waals surface area contributed by atoms with E-state index in [0.29, 0.717) is 37.1 Å². The second kappa shape index (κ2) is 7.50. The summed E-state index contributed by atoms with van der Waals surface area (Å²) in [6, 6.07) is 7.59. The number of aromatic nitrogens is 2. The van der Waals surface area contributed by atoms with Gasteiger partial charge in [0.15, 0.2) is 0 Å². The Bertz CT molecular complexity index is 749. The molecule has 2 aromatic rings. The summed E-state index contributed by atoms with van der Waals surface area (Å²) < 4.78 is 5.42. The van der Waals surface area contributed by atoms with Crippen LogP contribution in [-0.2, 0) is 4.74 Å². The second-order valence-corrected chi connectivity index (χ2v) is 7.67. The summed E-state index contributed by atoms with van der Waals surface area (Å²) in [5, 5.41) is 0.703. The van der Waals surface area contributed by atoms with Crippen LogP contribution in [0.1, 0.15) is 20.8 Å². The Morgan fingerprint density at radius 2 is 1.58 bits per heavy atom. The first-order valence-electron chi connectivity index (χ1n) is 8.63. The minimum absolute atomic E-state index is 0.267. The van der Waals surface area contributed by atoms with Crippen molar-refractivity contribution in [2.24, 2.45) is 0 Å². The van der Waals surface area contributed by atoms with Gasteiger partial charge in [0, 0.05) is 49.2 Å². The lowest BCUT2D eigenvalue weighted by Crippen LogP contribution is -2.50. The Hall–Kier alpha value is -2.34. The quantitative estimate of drug-likeness (QED) is 0.799. The van der Waals surface area contributed by atoms with Gasteiger partial charge in [-0.05, 0) is 38.5 Å². The third-order valence-corrected chi connectivity index (χ3v) is 4.28. The molecule has 0 spiro atoms. The lowest BCUT2D eigenvalue weighted by atomic mass is 10.1. The van der Waals surface area contributed by atoms with E-state index >= 15 is 0 Å². The Kier molecular flexibility index (Phi) is 5.32. The zero-order valence-electron chi connectivity index (χ0n) is 15.3. The van der Waals surface area contributed by atoms with Crippen molar-refractivity contribution in [1.82, 2.24) is 14.9 Å². The van der Waals surface area contributed by atoms with Gasteiger partial charge in [0.05, 0.1) is 0 Å². The first-order chi connectivity index (χ1) is 12.3. The van der Waals surface area contributed by atoms with Crippen LogP contribution in [0.25, 0.3) is 11.1 Å². The number of benzene rings is 1. The minimum atomic E-state index is -0.477. The highest BCUT2D eigenvalue weighted by Gasteiger charge is 2.26. The highest BCUT2D eigenvalue weighted by Crippen LogP contribution is 2.21. The van der Waals surface area contributed by atoms with Gasteiger partial charge in [0.1, 0.15) is 5.60 Å². The molecule has 1 amide bonds. The molecule has 0 saturated carbocycles. The molecule has 1 aliphatic heterocycles. The number of rotatable bonds is 2. The highest BCUT2D eigenvalue weighted by molar-refractivity contribution is 6.30. The van der Waals surface area contributed by atoms with Crippen LogP contribution in [0.3, 0.4) is 0 Å². The molecule has 0 N–H and O–H groups in total. The van der Waals surface area contributed by atoms with Crippen molar-refractivity contribution < 1.29 is 9.53 Å². The third kappa shape index (κ3) is 4.64. The van der Waals surface area contributed by atoms with Crippen LogP contribution in [-0.4, -0.2) is 52.7 Å². The molecule has 2 heterocycles. The molecule has 1 fully saturated rings. The predicted molar refractivity (Wildman–Crippen MR) is 102 cm³/mol. The summed E-state index contributed by atoms with van der Waals surface area (Å²) in [5.41, 5.74) is 1.49. The van der Waals surface area contributed by atoms with Crippen LogP contribution in [0.2, 0.25) is 5.02 Å². The molecule has 138 valence electrons. The lowest BCUT2D eigenvalue weighted by molar-refractivity contribution is 0.0240. The molecule has 26 heavy (non-hydrogen) atoms. The van der Waals surface area contributed by atoms with Crippen molar-refractivity contribution in [3.8, 4) is 11.1 Å². The number of carbonyl (C=O) groups is 1. The first kappa shape index (κ1) is 18.5. The second-order valence-electron chi connectivity index (χ2n) is 7.23. The number of amides is 1. The SMILES string of the molecule is CC(C)(C)OC(=O)N1CCN(c2ncc(-c3ccc(Cl)cc3)cn2)CC1. The molecule has 1 aromatic heterocycles. The predicted octanol–water partition coefficient (Wildman–Crippen LogP) is 3.85. The van der Waals surface area contributed by atoms with Gasteiger partial charge < -0.3 is 14.5 Å². The van der Waals surface area contributed by atoms with Crippen molar-refractivity contribution in [3.05, 3.63) is 41.7 Å². The third-order valence-electron chi connectivity index (χ3n) is 4.03. The van der Waals surface area contributed by atoms with E-state index in [-0.39, 0.29) is 6.09 Å². The van der Waals surface area contributed by atoms with Gasteiger partial charge in [0.2, 0.25) is 5.95 Å². The van der Waals surface area contributed by atoms with Gasteiger partial charge in [-0.1, -0.05) is 23.7 Å². The Labute approximate surface area is 158 Å². The minimum Gasteiger partial charge on any atom is -0.444 e. The number of halogens is 1. The molecule has 1 aromatic carbocycles. The molecular weight excluding hydrogens is 352 g/mol. The molecular formula is C19H23ClN4O2. The van der Waals surface area contributed by atoms with Crippen LogP contribution in [0.5, 0.6) is 0 Å². The molecule has 1 saturated heterocycles. The van der Waals surface area contributed by atoms with Crippen molar-refractivity contribution in [2.75, 3.05) is 31.1 Å². The van der Waals surface area contributed by atoms with E-state index in [4.69, 9.17) is 16.3 Å². The Morgan fingerprint density at radius 3 is 2.12 bits per heavy atom. The van der Waals surface area contributed by atoms with Crippen LogP contribution >= 0.6 is 11.6 Å². The maximum absolute atomic E-state index is 12.1. The van der Waals surface area contributed by atoms with E-state index in [1.54, 1.807) is 4.90 Å². The monoisotopic (exact) mass is 374 g/mol. The van der Waals surface area contributed by atoms with Crippen LogP contribution < -0.4 is 4.90 Å². The van der Waals surface area contributed by atoms with Crippen LogP contribution in [0.4, 0.5) is 10.7 Å². The smallest absolute Gasteiger partial charge is 0.410 e. The van der Waals surface area contributed by atoms with Gasteiger partial charge in [-0.15, -0.1) is 0 Å². The number of nitrogens with zero attached hydrogens (tertiary/aromatic N) is 4. The first-order valence-corrected chi connectivity index (χ1v) is 9.00. The number of carbonyl (C=O) groups excluding carboxylic acids is 1. The van der Waals surface area contributed by atoms with E-state index in [9.17, 15) is 4.79 Å². The fourth-order valence-electron chi connectivity index (χ4n) is 2.69. The average Bonchev–Trinajstić information content (AvgIpc) is 2.61. The zero-order chi connectivity index (χ0) is 18.7. The molecule has 7 heteroatoms. The van der Waals surface area contributed by atoms with Gasteiger partial charge in [-0.2, -0.15) is 0 Å². The maximum Gasteiger partial charge on any atom is 0.410 e. The van der Waals surface area contributed by atoms with Crippen molar-refractivity contribution in [2.45, 2.75) is 26.4 Å². The standard InChI is InChI=1S/C19H23ClN4O2/c1-19(2,3)26-18(25)24-10-8-23(9-11-24)17-21-12-15(13-22-17)14-4-6-16(20)7-5-14/h4-7,12-13H,8-11H2,1-3H3. The molecule has 6 nitrogen and oxygen atoms in total. The molecule has 0 aliphatic carbocycles. The van der Waals surface area contributed by atoms with Gasteiger partial charge in [-0.25, -0.2) is 14.8 Å². The van der Waals surface area contributed by atoms with E-state index in [1.165, 1.54) is 0 Å². The van der Waals surface area contributed by atoms with Crippen molar-refractivity contribution in [3.63, 3.8) is 0 Å². The average molecular weight is 375 g/mol. The van der Waals surface area contributed by atoms with E-state index in [0.717, 1.165) is 11.1 Å². The summed E-state index contributed by atoms with van der Waals surface area (Å²) in [5.74, 6) is 0.673. The number of hydrogen-bond acceptors (Lipinski definition) is 5.